The number of carbonyl (C=O) groups excluding carboxylic acids is 1. The average molecular weight is 248 g/mol. The van der Waals surface area contributed by atoms with Crippen molar-refractivity contribution >= 4 is 12.0 Å². The maximum absolute atomic E-state index is 11.3. The van der Waals surface area contributed by atoms with E-state index in [1.807, 2.05) is 42.5 Å². The van der Waals surface area contributed by atoms with E-state index in [2.05, 4.69) is 10.6 Å². The van der Waals surface area contributed by atoms with Gasteiger partial charge in [0.15, 0.2) is 0 Å². The molecule has 1 aromatic carbocycles. The van der Waals surface area contributed by atoms with Crippen LogP contribution in [0.5, 0.6) is 0 Å². The molecule has 0 atom stereocenters. The van der Waals surface area contributed by atoms with Gasteiger partial charge >= 0.3 is 0 Å². The van der Waals surface area contributed by atoms with Crippen LogP contribution in [0, 0.1) is 0 Å². The van der Waals surface area contributed by atoms with Gasteiger partial charge in [0.1, 0.15) is 0 Å². The van der Waals surface area contributed by atoms with Crippen molar-refractivity contribution in [1.82, 2.24) is 10.6 Å². The molecule has 2 N–H and O–H groups in total. The highest BCUT2D eigenvalue weighted by Gasteiger charge is 1.97. The first-order valence-corrected chi connectivity index (χ1v) is 6.01. The van der Waals surface area contributed by atoms with Gasteiger partial charge in [0.2, 0.25) is 5.91 Å². The highest BCUT2D eigenvalue weighted by atomic mass is 16.5. The summed E-state index contributed by atoms with van der Waals surface area (Å²) in [6, 6.07) is 10.1. The van der Waals surface area contributed by atoms with E-state index in [0.29, 0.717) is 26.2 Å². The molecule has 0 aromatic heterocycles. The van der Waals surface area contributed by atoms with Crippen LogP contribution in [-0.4, -0.2) is 39.3 Å². The Bertz CT molecular complexity index is 363. The third-order valence-electron chi connectivity index (χ3n) is 2.29. The normalized spacial score (nSPS) is 10.7. The second-order valence-corrected chi connectivity index (χ2v) is 3.79. The Morgan fingerprint density at radius 1 is 1.33 bits per heavy atom. The van der Waals surface area contributed by atoms with E-state index in [-0.39, 0.29) is 5.91 Å². The van der Waals surface area contributed by atoms with Gasteiger partial charge in [-0.1, -0.05) is 42.5 Å². The van der Waals surface area contributed by atoms with E-state index in [0.717, 1.165) is 5.56 Å². The number of hydrogen-bond acceptors (Lipinski definition) is 3. The maximum atomic E-state index is 11.3. The number of benzene rings is 1. The standard InChI is InChI=1S/C14H20N2O2/c1-18-11-10-16-14(17)12-15-9-5-8-13-6-3-2-4-7-13/h2-8,15H,9-12H2,1H3,(H,16,17)/b8-5+. The van der Waals surface area contributed by atoms with Crippen molar-refractivity contribution in [2.75, 3.05) is 33.4 Å². The third kappa shape index (κ3) is 6.83. The Morgan fingerprint density at radius 2 is 2.11 bits per heavy atom. The SMILES string of the molecule is COCCNC(=O)CNC/C=C/c1ccccc1. The minimum atomic E-state index is -0.0137. The molecule has 0 bridgehead atoms. The van der Waals surface area contributed by atoms with E-state index >= 15 is 0 Å². The Kier molecular flexibility index (Phi) is 7.52. The molecule has 1 rings (SSSR count). The maximum Gasteiger partial charge on any atom is 0.234 e. The minimum Gasteiger partial charge on any atom is -0.383 e. The van der Waals surface area contributed by atoms with E-state index < -0.39 is 0 Å². The first kappa shape index (κ1) is 14.4. The van der Waals surface area contributed by atoms with E-state index in [1.54, 1.807) is 7.11 Å². The summed E-state index contributed by atoms with van der Waals surface area (Å²) in [4.78, 5) is 11.3. The fraction of sp³-hybridized carbons (Fsp3) is 0.357. The Labute approximate surface area is 108 Å². The van der Waals surface area contributed by atoms with Gasteiger partial charge in [-0.2, -0.15) is 0 Å². The van der Waals surface area contributed by atoms with Gasteiger partial charge in [-0.15, -0.1) is 0 Å². The topological polar surface area (TPSA) is 50.4 Å². The zero-order chi connectivity index (χ0) is 13.1. The molecule has 0 aliphatic heterocycles. The van der Waals surface area contributed by atoms with Crippen LogP contribution in [0.25, 0.3) is 6.08 Å². The summed E-state index contributed by atoms with van der Waals surface area (Å²) in [5, 5.41) is 5.78. The Balaban J connectivity index is 2.08. The molecule has 0 aliphatic carbocycles. The molecule has 18 heavy (non-hydrogen) atoms. The van der Waals surface area contributed by atoms with Crippen LogP contribution in [0.3, 0.4) is 0 Å². The molecular weight excluding hydrogens is 228 g/mol. The number of carbonyl (C=O) groups is 1. The average Bonchev–Trinajstić information content (AvgIpc) is 2.40. The molecule has 0 fully saturated rings. The summed E-state index contributed by atoms with van der Waals surface area (Å²) in [6.07, 6.45) is 4.02. The quantitative estimate of drug-likeness (QED) is 0.676. The van der Waals surface area contributed by atoms with Crippen molar-refractivity contribution in [3.63, 3.8) is 0 Å². The molecule has 0 aliphatic rings. The number of amides is 1. The van der Waals surface area contributed by atoms with E-state index in [9.17, 15) is 4.79 Å². The molecule has 4 heteroatoms. The highest BCUT2D eigenvalue weighted by Crippen LogP contribution is 1.99. The number of hydrogen-bond donors (Lipinski definition) is 2. The fourth-order valence-electron chi connectivity index (χ4n) is 1.38. The molecule has 0 saturated heterocycles. The first-order valence-electron chi connectivity index (χ1n) is 6.01. The fourth-order valence-corrected chi connectivity index (χ4v) is 1.38. The van der Waals surface area contributed by atoms with Crippen molar-refractivity contribution in [2.45, 2.75) is 0 Å². The molecule has 0 radical (unpaired) electrons. The van der Waals surface area contributed by atoms with Crippen molar-refractivity contribution in [1.29, 1.82) is 0 Å². The smallest absolute Gasteiger partial charge is 0.234 e. The van der Waals surface area contributed by atoms with Gasteiger partial charge in [-0.3, -0.25) is 4.79 Å². The van der Waals surface area contributed by atoms with Crippen molar-refractivity contribution in [3.8, 4) is 0 Å². The van der Waals surface area contributed by atoms with Crippen LogP contribution in [-0.2, 0) is 9.53 Å². The summed E-state index contributed by atoms with van der Waals surface area (Å²) in [7, 11) is 1.61. The van der Waals surface area contributed by atoms with Crippen LogP contribution in [0.4, 0.5) is 0 Å². The van der Waals surface area contributed by atoms with E-state index in [1.165, 1.54) is 0 Å². The molecule has 0 saturated carbocycles. The molecular formula is C14H20N2O2. The van der Waals surface area contributed by atoms with Gasteiger partial charge in [0, 0.05) is 20.2 Å². The van der Waals surface area contributed by atoms with E-state index in [4.69, 9.17) is 4.74 Å². The number of nitrogens with one attached hydrogen (secondary N) is 2. The molecule has 0 unspecified atom stereocenters. The van der Waals surface area contributed by atoms with Crippen LogP contribution in [0.1, 0.15) is 5.56 Å². The second-order valence-electron chi connectivity index (χ2n) is 3.79. The predicted molar refractivity (Wildman–Crippen MR) is 73.2 cm³/mol. The lowest BCUT2D eigenvalue weighted by Gasteiger charge is -2.04. The second kappa shape index (κ2) is 9.39. The molecule has 98 valence electrons. The van der Waals surface area contributed by atoms with Gasteiger partial charge in [-0.25, -0.2) is 0 Å². The van der Waals surface area contributed by atoms with Gasteiger partial charge in [0.05, 0.1) is 13.2 Å². The first-order chi connectivity index (χ1) is 8.83. The summed E-state index contributed by atoms with van der Waals surface area (Å²) >= 11 is 0. The predicted octanol–water partition coefficient (Wildman–Crippen LogP) is 1.05. The Hall–Kier alpha value is -1.65. The summed E-state index contributed by atoms with van der Waals surface area (Å²) in [5.41, 5.74) is 1.16. The van der Waals surface area contributed by atoms with Crippen LogP contribution in [0.2, 0.25) is 0 Å². The van der Waals surface area contributed by atoms with Crippen LogP contribution >= 0.6 is 0 Å². The van der Waals surface area contributed by atoms with Crippen molar-refractivity contribution < 1.29 is 9.53 Å². The van der Waals surface area contributed by atoms with Crippen LogP contribution in [0.15, 0.2) is 36.4 Å². The lowest BCUT2D eigenvalue weighted by atomic mass is 10.2. The third-order valence-corrected chi connectivity index (χ3v) is 2.29. The lowest BCUT2D eigenvalue weighted by molar-refractivity contribution is -0.120. The molecule has 0 spiro atoms. The van der Waals surface area contributed by atoms with Crippen molar-refractivity contribution in [2.24, 2.45) is 0 Å². The monoisotopic (exact) mass is 248 g/mol. The zero-order valence-electron chi connectivity index (χ0n) is 10.7. The van der Waals surface area contributed by atoms with Crippen molar-refractivity contribution in [3.05, 3.63) is 42.0 Å². The zero-order valence-corrected chi connectivity index (χ0v) is 10.7. The summed E-state index contributed by atoms with van der Waals surface area (Å²) < 4.78 is 4.84. The van der Waals surface area contributed by atoms with Crippen LogP contribution < -0.4 is 10.6 Å². The molecule has 0 heterocycles. The molecule has 4 nitrogen and oxygen atoms in total. The lowest BCUT2D eigenvalue weighted by Crippen LogP contribution is -2.35. The molecule has 1 amide bonds. The highest BCUT2D eigenvalue weighted by molar-refractivity contribution is 5.77. The number of rotatable bonds is 8. The Morgan fingerprint density at radius 3 is 2.83 bits per heavy atom. The summed E-state index contributed by atoms with van der Waals surface area (Å²) in [5.74, 6) is -0.0137. The van der Waals surface area contributed by atoms with Gasteiger partial charge in [-0.05, 0) is 5.56 Å². The molecule has 1 aromatic rings. The minimum absolute atomic E-state index is 0.0137. The van der Waals surface area contributed by atoms with Gasteiger partial charge in [0.25, 0.3) is 0 Å². The van der Waals surface area contributed by atoms with Gasteiger partial charge < -0.3 is 15.4 Å². The number of ether oxygens (including phenoxy) is 1. The largest absolute Gasteiger partial charge is 0.383 e. The number of methoxy groups -OCH3 is 1. The summed E-state index contributed by atoms with van der Waals surface area (Å²) in [6.45, 7) is 2.09.